The van der Waals surface area contributed by atoms with Crippen LogP contribution in [0, 0.1) is 0 Å². The molecule has 6 atom stereocenters. The standard InChI is InChI=1S/6C10H23O4P.12H3N/c6*1-3-5-7-9-10(8-6-4-2)14-15(11,12)13;;;;;;;;;;;;/h6*10H,3-9H2,1-2H3,(H2,11,12,13);12*1H3. The summed E-state index contributed by atoms with van der Waals surface area (Å²) in [5.41, 5.74) is 0. The van der Waals surface area contributed by atoms with Crippen molar-refractivity contribution >= 4 is 46.9 Å². The number of rotatable bonds is 54. The molecule has 0 aromatic rings. The smallest absolute Gasteiger partial charge is 0.344 e. The maximum Gasteiger partial charge on any atom is 0.469 e. The van der Waals surface area contributed by atoms with E-state index in [1.54, 1.807) is 0 Å². The van der Waals surface area contributed by atoms with Crippen molar-refractivity contribution in [2.75, 3.05) is 0 Å². The summed E-state index contributed by atoms with van der Waals surface area (Å²) < 4.78 is 92.8. The summed E-state index contributed by atoms with van der Waals surface area (Å²) in [5, 5.41) is 0. The van der Waals surface area contributed by atoms with E-state index in [-0.39, 0.29) is 110 Å². The third-order valence-electron chi connectivity index (χ3n) is 13.8. The van der Waals surface area contributed by atoms with E-state index in [1.807, 2.05) is 0 Å². The van der Waals surface area contributed by atoms with Crippen molar-refractivity contribution in [3.8, 4) is 0 Å². The zero-order valence-electron chi connectivity index (χ0n) is 66.6. The molecule has 0 aromatic heterocycles. The molecule has 0 heterocycles. The van der Waals surface area contributed by atoms with E-state index in [4.69, 9.17) is 85.9 Å². The van der Waals surface area contributed by atoms with E-state index in [1.165, 1.54) is 0 Å². The molecule has 0 spiro atoms. The summed E-state index contributed by atoms with van der Waals surface area (Å²) in [6.45, 7) is 24.9. The van der Waals surface area contributed by atoms with Crippen LogP contribution in [0.3, 0.4) is 0 Å². The van der Waals surface area contributed by atoms with Crippen LogP contribution in [-0.2, 0) is 54.5 Å². The molecule has 0 aromatic carbocycles. The Balaban J connectivity index is -0.0000000507. The fourth-order valence-electron chi connectivity index (χ4n) is 8.99. The van der Waals surface area contributed by atoms with Gasteiger partial charge in [0.15, 0.2) is 0 Å². The van der Waals surface area contributed by atoms with Crippen molar-refractivity contribution in [3.63, 3.8) is 0 Å². The number of hydrogen-bond acceptors (Lipinski definition) is 24. The summed E-state index contributed by atoms with van der Waals surface area (Å²) >= 11 is 0. The zero-order chi connectivity index (χ0) is 70.4. The summed E-state index contributed by atoms with van der Waals surface area (Å²) in [6.07, 6.45) is 38.2. The second-order valence-electron chi connectivity index (χ2n) is 23.1. The van der Waals surface area contributed by atoms with Gasteiger partial charge in [-0.2, -0.15) is 0 Å². The van der Waals surface area contributed by atoms with Gasteiger partial charge in [-0.15, -0.1) is 0 Å². The molecule has 0 fully saturated rings. The van der Waals surface area contributed by atoms with Crippen molar-refractivity contribution in [1.82, 2.24) is 73.8 Å². The Bertz CT molecular complexity index is 1520. The van der Waals surface area contributed by atoms with Crippen LogP contribution in [0.2, 0.25) is 0 Å². The minimum Gasteiger partial charge on any atom is -0.344 e. The monoisotopic (exact) mass is 1630 g/mol. The average Bonchev–Trinajstić information content (AvgIpc) is 1.35. The van der Waals surface area contributed by atoms with Gasteiger partial charge in [-0.25, -0.2) is 27.4 Å². The van der Waals surface area contributed by atoms with Crippen molar-refractivity contribution < 1.29 is 113 Å². The average molecular weight is 1630 g/mol. The lowest BCUT2D eigenvalue weighted by Crippen LogP contribution is -2.11. The van der Waals surface area contributed by atoms with Gasteiger partial charge in [0.05, 0.1) is 36.6 Å². The topological polar surface area (TPSA) is 821 Å². The van der Waals surface area contributed by atoms with Crippen LogP contribution in [0.25, 0.3) is 0 Å². The number of phosphoric ester groups is 6. The van der Waals surface area contributed by atoms with E-state index in [2.05, 4.69) is 83.1 Å². The Kier molecular flexibility index (Phi) is 141. The highest BCUT2D eigenvalue weighted by Crippen LogP contribution is 2.44. The van der Waals surface area contributed by atoms with Crippen LogP contribution in [0.15, 0.2) is 0 Å². The predicted molar refractivity (Wildman–Crippen MR) is 424 cm³/mol. The molecule has 0 saturated carbocycles. The summed E-state index contributed by atoms with van der Waals surface area (Å²) in [7, 11) is -25.9. The van der Waals surface area contributed by atoms with Gasteiger partial charge < -0.3 is 133 Å². The van der Waals surface area contributed by atoms with Crippen molar-refractivity contribution in [3.05, 3.63) is 0 Å². The van der Waals surface area contributed by atoms with Crippen LogP contribution in [-0.4, -0.2) is 95.3 Å². The summed E-state index contributed by atoms with van der Waals surface area (Å²) in [6, 6.07) is 0. The lowest BCUT2D eigenvalue weighted by molar-refractivity contribution is 0.115. The van der Waals surface area contributed by atoms with Crippen molar-refractivity contribution in [1.29, 1.82) is 0 Å². The molecule has 0 rings (SSSR count). The Morgan fingerprint density at radius 1 is 0.167 bits per heavy atom. The van der Waals surface area contributed by atoms with Crippen LogP contribution in [0.1, 0.15) is 353 Å². The number of unbranched alkanes of at least 4 members (excludes halogenated alkanes) is 18. The molecule has 36 nitrogen and oxygen atoms in total. The van der Waals surface area contributed by atoms with Crippen LogP contribution in [0.4, 0.5) is 0 Å². The van der Waals surface area contributed by atoms with E-state index in [0.29, 0.717) is 0 Å². The summed E-state index contributed by atoms with van der Waals surface area (Å²) in [5.74, 6) is 0. The highest BCUT2D eigenvalue weighted by Gasteiger charge is 2.26. The van der Waals surface area contributed by atoms with E-state index in [0.717, 1.165) is 270 Å². The normalized spacial score (nSPS) is 12.5. The second-order valence-corrected chi connectivity index (χ2v) is 30.3. The molecule has 0 radical (unpaired) electrons. The quantitative estimate of drug-likeness (QED) is 0.0199. The molecule has 102 heavy (non-hydrogen) atoms. The molecule has 6 unspecified atom stereocenters. The first-order valence-corrected chi connectivity index (χ1v) is 43.6. The molecule has 42 heteroatoms. The van der Waals surface area contributed by atoms with Gasteiger partial charge in [0.1, 0.15) is 0 Å². The minimum atomic E-state index is -4.31. The zero-order valence-corrected chi connectivity index (χ0v) is 72.0. The fraction of sp³-hybridized carbons (Fsp3) is 1.00. The molecular formula is C60H174N12O24P6. The first-order valence-electron chi connectivity index (χ1n) is 34.4. The van der Waals surface area contributed by atoms with Gasteiger partial charge in [0, 0.05) is 0 Å². The third kappa shape index (κ3) is 139. The van der Waals surface area contributed by atoms with Gasteiger partial charge in [0.2, 0.25) is 0 Å². The Morgan fingerprint density at radius 2 is 0.245 bits per heavy atom. The van der Waals surface area contributed by atoms with Gasteiger partial charge >= 0.3 is 46.9 Å². The summed E-state index contributed by atoms with van der Waals surface area (Å²) in [4.78, 5) is 105. The van der Waals surface area contributed by atoms with Gasteiger partial charge in [-0.1, -0.05) is 276 Å². The highest BCUT2D eigenvalue weighted by molar-refractivity contribution is 7.47. The first-order chi connectivity index (χ1) is 42.0. The maximum absolute atomic E-state index is 10.7. The molecule has 0 aliphatic heterocycles. The van der Waals surface area contributed by atoms with Gasteiger partial charge in [0.25, 0.3) is 0 Å². The van der Waals surface area contributed by atoms with Crippen LogP contribution >= 0.6 is 46.9 Å². The van der Waals surface area contributed by atoms with E-state index >= 15 is 0 Å². The van der Waals surface area contributed by atoms with E-state index < -0.39 is 46.9 Å². The maximum atomic E-state index is 10.7. The van der Waals surface area contributed by atoms with Gasteiger partial charge in [-0.05, 0) is 77.0 Å². The lowest BCUT2D eigenvalue weighted by atomic mass is 10.1. The molecule has 648 valence electrons. The number of hydrogen-bond donors (Lipinski definition) is 24. The van der Waals surface area contributed by atoms with E-state index in [9.17, 15) is 27.4 Å². The van der Waals surface area contributed by atoms with Gasteiger partial charge in [-0.3, -0.25) is 27.1 Å². The largest absolute Gasteiger partial charge is 0.469 e. The second kappa shape index (κ2) is 97.3. The van der Waals surface area contributed by atoms with Crippen LogP contribution < -0.4 is 73.8 Å². The number of phosphoric acid groups is 6. The molecule has 0 saturated heterocycles. The molecule has 0 amide bonds. The fourth-order valence-corrected chi connectivity index (χ4v) is 12.6. The molecule has 0 bridgehead atoms. The van der Waals surface area contributed by atoms with Crippen LogP contribution in [0.5, 0.6) is 0 Å². The molecule has 48 N–H and O–H groups in total. The Morgan fingerprint density at radius 3 is 0.314 bits per heavy atom. The lowest BCUT2D eigenvalue weighted by Gasteiger charge is -2.17. The first kappa shape index (κ1) is 148. The Labute approximate surface area is 620 Å². The van der Waals surface area contributed by atoms with Crippen molar-refractivity contribution in [2.45, 2.75) is 389 Å². The Hall–Kier alpha value is 0.180. The predicted octanol–water partition coefficient (Wildman–Crippen LogP) is 21.4. The third-order valence-corrected chi connectivity index (χ3v) is 17.2. The highest BCUT2D eigenvalue weighted by atomic mass is 31.2. The minimum absolute atomic E-state index is 0. The molecule has 0 aliphatic rings. The van der Waals surface area contributed by atoms with Crippen molar-refractivity contribution in [2.24, 2.45) is 0 Å². The molecular weight excluding hydrogens is 1460 g/mol. The SMILES string of the molecule is CCCCCC(CCCC)OP(=O)(O)O.CCCCCC(CCCC)OP(=O)(O)O.CCCCCC(CCCC)OP(=O)(O)O.CCCCCC(CCCC)OP(=O)(O)O.CCCCCC(CCCC)OP(=O)(O)O.CCCCCC(CCCC)OP(=O)(O)O.N.N.N.N.N.N.N.N.N.N.N.N. The molecule has 0 aliphatic carbocycles.